The van der Waals surface area contributed by atoms with Crippen LogP contribution >= 0.6 is 0 Å². The molecule has 3 N–H and O–H groups in total. The molecule has 1 aliphatic carbocycles. The van der Waals surface area contributed by atoms with Crippen LogP contribution < -0.4 is 11.1 Å². The molecule has 114 valence electrons. The molecule has 0 aromatic heterocycles. The van der Waals surface area contributed by atoms with Gasteiger partial charge in [-0.05, 0) is 30.2 Å². The van der Waals surface area contributed by atoms with Crippen LogP contribution in [0.15, 0.2) is 12.1 Å². The Morgan fingerprint density at radius 1 is 1.52 bits per heavy atom. The zero-order valence-corrected chi connectivity index (χ0v) is 12.0. The van der Waals surface area contributed by atoms with Gasteiger partial charge < -0.3 is 11.1 Å². The van der Waals surface area contributed by atoms with Gasteiger partial charge in [0.05, 0.1) is 4.92 Å². The topological polar surface area (TPSA) is 98.3 Å². The van der Waals surface area contributed by atoms with E-state index in [0.29, 0.717) is 12.5 Å². The molecule has 1 amide bonds. The summed E-state index contributed by atoms with van der Waals surface area (Å²) in [5.74, 6) is -1.16. The van der Waals surface area contributed by atoms with E-state index in [1.54, 1.807) is 0 Å². The maximum atomic E-state index is 13.8. The normalized spacial score (nSPS) is 15.8. The first-order valence-electron chi connectivity index (χ1n) is 6.79. The van der Waals surface area contributed by atoms with Crippen molar-refractivity contribution in [1.29, 1.82) is 0 Å². The molecular weight excluding hydrogens is 277 g/mol. The Balaban J connectivity index is 2.20. The van der Waals surface area contributed by atoms with Crippen LogP contribution in [0.5, 0.6) is 0 Å². The van der Waals surface area contributed by atoms with Gasteiger partial charge in [-0.3, -0.25) is 14.9 Å². The van der Waals surface area contributed by atoms with E-state index in [4.69, 9.17) is 5.73 Å². The molecule has 1 fully saturated rings. The fourth-order valence-corrected chi connectivity index (χ4v) is 2.44. The molecule has 0 saturated heterocycles. The van der Waals surface area contributed by atoms with Crippen molar-refractivity contribution in [1.82, 2.24) is 5.32 Å². The van der Waals surface area contributed by atoms with Gasteiger partial charge >= 0.3 is 0 Å². The lowest BCUT2D eigenvalue weighted by Gasteiger charge is -2.20. The van der Waals surface area contributed by atoms with Gasteiger partial charge in [-0.25, -0.2) is 4.39 Å². The molecule has 0 unspecified atom stereocenters. The van der Waals surface area contributed by atoms with Crippen molar-refractivity contribution in [2.75, 3.05) is 12.3 Å². The zero-order valence-electron chi connectivity index (χ0n) is 12.0. The largest absolute Gasteiger partial charge is 0.392 e. The lowest BCUT2D eigenvalue weighted by molar-refractivity contribution is -0.384. The van der Waals surface area contributed by atoms with Gasteiger partial charge in [0.25, 0.3) is 11.6 Å². The van der Waals surface area contributed by atoms with Gasteiger partial charge in [0, 0.05) is 12.6 Å². The van der Waals surface area contributed by atoms with E-state index in [-0.39, 0.29) is 5.41 Å². The van der Waals surface area contributed by atoms with Gasteiger partial charge in [-0.15, -0.1) is 0 Å². The number of anilines is 1. The maximum absolute atomic E-state index is 13.8. The average Bonchev–Trinajstić information content (AvgIpc) is 3.17. The number of carbonyl (C=O) groups excluding carboxylic acids is 1. The Labute approximate surface area is 121 Å². The Morgan fingerprint density at radius 2 is 2.14 bits per heavy atom. The predicted molar refractivity (Wildman–Crippen MR) is 76.3 cm³/mol. The van der Waals surface area contributed by atoms with Crippen molar-refractivity contribution in [3.8, 4) is 0 Å². The molecule has 0 heterocycles. The summed E-state index contributed by atoms with van der Waals surface area (Å²) in [7, 11) is 0. The van der Waals surface area contributed by atoms with Crippen molar-refractivity contribution < 1.29 is 14.1 Å². The van der Waals surface area contributed by atoms with Crippen LogP contribution in [0.3, 0.4) is 0 Å². The number of nitro benzene ring substituents is 1. The van der Waals surface area contributed by atoms with Crippen LogP contribution in [0.25, 0.3) is 0 Å². The summed E-state index contributed by atoms with van der Waals surface area (Å²) >= 11 is 0. The van der Waals surface area contributed by atoms with Crippen molar-refractivity contribution >= 4 is 17.3 Å². The minimum absolute atomic E-state index is 0.0572. The quantitative estimate of drug-likeness (QED) is 0.495. The molecule has 0 bridgehead atoms. The summed E-state index contributed by atoms with van der Waals surface area (Å²) in [6, 6.07) is 1.84. The minimum atomic E-state index is -0.856. The Hall–Kier alpha value is -2.18. The molecule has 1 aromatic rings. The summed E-state index contributed by atoms with van der Waals surface area (Å²) < 4.78 is 13.8. The molecule has 7 heteroatoms. The highest BCUT2D eigenvalue weighted by Crippen LogP contribution is 2.51. The first-order chi connectivity index (χ1) is 9.78. The van der Waals surface area contributed by atoms with Gasteiger partial charge in [0.2, 0.25) is 0 Å². The van der Waals surface area contributed by atoms with E-state index in [2.05, 4.69) is 19.2 Å². The smallest absolute Gasteiger partial charge is 0.293 e. The van der Waals surface area contributed by atoms with Crippen molar-refractivity contribution in [2.45, 2.75) is 26.7 Å². The molecule has 21 heavy (non-hydrogen) atoms. The van der Waals surface area contributed by atoms with Crippen LogP contribution in [-0.4, -0.2) is 17.4 Å². The second-order valence-electron chi connectivity index (χ2n) is 5.81. The lowest BCUT2D eigenvalue weighted by Crippen LogP contribution is -2.33. The van der Waals surface area contributed by atoms with E-state index < -0.39 is 33.6 Å². The molecule has 0 aliphatic heterocycles. The first-order valence-corrected chi connectivity index (χ1v) is 6.79. The third-order valence-corrected chi connectivity index (χ3v) is 4.31. The monoisotopic (exact) mass is 295 g/mol. The molecule has 2 rings (SSSR count). The van der Waals surface area contributed by atoms with Crippen molar-refractivity contribution in [2.24, 2.45) is 11.3 Å². The Bertz CT molecular complexity index is 597. The number of hydrogen-bond donors (Lipinski definition) is 2. The summed E-state index contributed by atoms with van der Waals surface area (Å²) in [6.07, 6.45) is 2.02. The van der Waals surface area contributed by atoms with Crippen LogP contribution in [0, 0.1) is 27.3 Å². The molecular formula is C14H18FN3O3. The number of amides is 1. The highest BCUT2D eigenvalue weighted by atomic mass is 19.1. The van der Waals surface area contributed by atoms with Crippen molar-refractivity contribution in [3.05, 3.63) is 33.6 Å². The SMILES string of the molecule is CC(C)C1(CNC(=O)c2c(F)ccc([N+](=O)[O-])c2N)CC1. The number of nitrogens with two attached hydrogens (primary N) is 1. The fourth-order valence-electron chi connectivity index (χ4n) is 2.44. The second-order valence-corrected chi connectivity index (χ2v) is 5.81. The van der Waals surface area contributed by atoms with Crippen molar-refractivity contribution in [3.63, 3.8) is 0 Å². The second kappa shape index (κ2) is 5.31. The summed E-state index contributed by atoms with van der Waals surface area (Å²) in [6.45, 7) is 4.56. The number of nitrogens with one attached hydrogen (secondary N) is 1. The number of rotatable bonds is 5. The standard InChI is InChI=1S/C14H18FN3O3/c1-8(2)14(5-6-14)7-17-13(19)11-9(15)3-4-10(12(11)16)18(20)21/h3-4,8H,5-7,16H2,1-2H3,(H,17,19). The van der Waals surface area contributed by atoms with Crippen LogP contribution in [0.2, 0.25) is 0 Å². The summed E-state index contributed by atoms with van der Waals surface area (Å²) in [5.41, 5.74) is 4.26. The highest BCUT2D eigenvalue weighted by molar-refractivity contribution is 6.01. The minimum Gasteiger partial charge on any atom is -0.392 e. The number of nitro groups is 1. The number of carbonyl (C=O) groups is 1. The van der Waals surface area contributed by atoms with Gasteiger partial charge in [-0.2, -0.15) is 0 Å². The van der Waals surface area contributed by atoms with E-state index in [9.17, 15) is 19.3 Å². The van der Waals surface area contributed by atoms with E-state index >= 15 is 0 Å². The zero-order chi connectivity index (χ0) is 15.8. The van der Waals surface area contributed by atoms with Crippen LogP contribution in [0.1, 0.15) is 37.0 Å². The predicted octanol–water partition coefficient (Wildman–Crippen LogP) is 2.48. The average molecular weight is 295 g/mol. The van der Waals surface area contributed by atoms with Crippen LogP contribution in [0.4, 0.5) is 15.8 Å². The van der Waals surface area contributed by atoms with E-state index in [0.717, 1.165) is 25.0 Å². The molecule has 0 spiro atoms. The number of nitrogen functional groups attached to an aromatic ring is 1. The number of nitrogens with zero attached hydrogens (tertiary/aromatic N) is 1. The summed E-state index contributed by atoms with van der Waals surface area (Å²) in [5, 5.41) is 13.4. The Kier molecular flexibility index (Phi) is 3.85. The lowest BCUT2D eigenvalue weighted by atomic mass is 9.92. The first kappa shape index (κ1) is 15.2. The molecule has 0 radical (unpaired) electrons. The van der Waals surface area contributed by atoms with E-state index in [1.807, 2.05) is 0 Å². The maximum Gasteiger partial charge on any atom is 0.293 e. The number of halogens is 1. The molecule has 0 atom stereocenters. The van der Waals surface area contributed by atoms with E-state index in [1.165, 1.54) is 0 Å². The fraction of sp³-hybridized carbons (Fsp3) is 0.500. The van der Waals surface area contributed by atoms with Gasteiger partial charge in [-0.1, -0.05) is 13.8 Å². The number of benzene rings is 1. The molecule has 6 nitrogen and oxygen atoms in total. The Morgan fingerprint density at radius 3 is 2.62 bits per heavy atom. The molecule has 1 aromatic carbocycles. The third-order valence-electron chi connectivity index (χ3n) is 4.31. The number of hydrogen-bond acceptors (Lipinski definition) is 4. The molecule has 1 aliphatic rings. The molecule has 1 saturated carbocycles. The summed E-state index contributed by atoms with van der Waals surface area (Å²) in [4.78, 5) is 22.2. The third kappa shape index (κ3) is 2.81. The van der Waals surface area contributed by atoms with Crippen LogP contribution in [-0.2, 0) is 0 Å². The van der Waals surface area contributed by atoms with Gasteiger partial charge in [0.1, 0.15) is 17.1 Å². The highest BCUT2D eigenvalue weighted by Gasteiger charge is 2.45. The van der Waals surface area contributed by atoms with Gasteiger partial charge in [0.15, 0.2) is 0 Å².